The fourth-order valence-electron chi connectivity index (χ4n) is 5.48. The van der Waals surface area contributed by atoms with Gasteiger partial charge in [0.15, 0.2) is 0 Å². The van der Waals surface area contributed by atoms with Crippen molar-refractivity contribution in [3.8, 4) is 0 Å². The number of nitrogens with zero attached hydrogens (tertiary/aromatic N) is 3. The molecule has 1 saturated heterocycles. The van der Waals surface area contributed by atoms with Gasteiger partial charge >= 0.3 is 0 Å². The molecule has 1 N–H and O–H groups in total. The molecule has 174 valence electrons. The fourth-order valence-corrected chi connectivity index (χ4v) is 6.74. The van der Waals surface area contributed by atoms with E-state index >= 15 is 0 Å². The summed E-state index contributed by atoms with van der Waals surface area (Å²) in [6.45, 7) is 4.81. The van der Waals surface area contributed by atoms with Crippen LogP contribution >= 0.6 is 0 Å². The molecule has 7 nitrogen and oxygen atoms in total. The molecule has 1 aromatic carbocycles. The minimum atomic E-state index is -3.44. The summed E-state index contributed by atoms with van der Waals surface area (Å²) in [4.78, 5) is 17.6. The highest BCUT2D eigenvalue weighted by atomic mass is 32.2. The molecule has 32 heavy (non-hydrogen) atoms. The van der Waals surface area contributed by atoms with Crippen LogP contribution < -0.4 is 0 Å². The van der Waals surface area contributed by atoms with E-state index in [0.717, 1.165) is 49.0 Å². The van der Waals surface area contributed by atoms with Crippen LogP contribution in [-0.2, 0) is 23.0 Å². The zero-order chi connectivity index (χ0) is 22.5. The number of carbonyl (C=O) groups is 1. The number of amides is 1. The molecule has 0 radical (unpaired) electrons. The van der Waals surface area contributed by atoms with E-state index in [1.807, 2.05) is 17.0 Å². The zero-order valence-corrected chi connectivity index (χ0v) is 19.6. The van der Waals surface area contributed by atoms with Gasteiger partial charge in [-0.05, 0) is 62.3 Å². The summed E-state index contributed by atoms with van der Waals surface area (Å²) < 4.78 is 27.6. The number of aliphatic hydroxyl groups is 1. The lowest BCUT2D eigenvalue weighted by atomic mass is 9.89. The largest absolute Gasteiger partial charge is 0.396 e. The Hall–Kier alpha value is -1.90. The molecule has 3 heterocycles. The van der Waals surface area contributed by atoms with Crippen molar-refractivity contribution in [2.24, 2.45) is 5.92 Å². The Morgan fingerprint density at radius 2 is 1.88 bits per heavy atom. The van der Waals surface area contributed by atoms with Crippen molar-refractivity contribution in [1.82, 2.24) is 13.8 Å². The molecular formula is C24H33N3O4S. The number of fused-ring (bicyclic) bond motifs is 3. The van der Waals surface area contributed by atoms with E-state index in [4.69, 9.17) is 0 Å². The monoisotopic (exact) mass is 459 g/mol. The van der Waals surface area contributed by atoms with E-state index in [0.29, 0.717) is 30.2 Å². The lowest BCUT2D eigenvalue weighted by molar-refractivity contribution is 0.0651. The van der Waals surface area contributed by atoms with Gasteiger partial charge in [-0.2, -0.15) is 0 Å². The number of hydrogen-bond acceptors (Lipinski definition) is 5. The van der Waals surface area contributed by atoms with Crippen LogP contribution in [0, 0.1) is 5.92 Å². The molecule has 2 aliphatic heterocycles. The highest BCUT2D eigenvalue weighted by molar-refractivity contribution is 7.90. The minimum Gasteiger partial charge on any atom is -0.396 e. The Labute approximate surface area is 190 Å². The number of rotatable bonds is 5. The highest BCUT2D eigenvalue weighted by Crippen LogP contribution is 2.36. The predicted octanol–water partition coefficient (Wildman–Crippen LogP) is 2.59. The van der Waals surface area contributed by atoms with Crippen LogP contribution in [0.15, 0.2) is 18.2 Å². The molecule has 0 spiro atoms. The first-order valence-corrected chi connectivity index (χ1v) is 13.6. The maximum absolute atomic E-state index is 13.2. The van der Waals surface area contributed by atoms with Crippen LogP contribution in [0.1, 0.15) is 60.6 Å². The van der Waals surface area contributed by atoms with Gasteiger partial charge in [-0.15, -0.1) is 0 Å². The number of carbonyl (C=O) groups excluding carboxylic acids is 1. The number of benzene rings is 1. The van der Waals surface area contributed by atoms with E-state index in [1.165, 1.54) is 19.3 Å². The third-order valence-electron chi connectivity index (χ3n) is 7.77. The lowest BCUT2D eigenvalue weighted by Crippen LogP contribution is -2.43. The van der Waals surface area contributed by atoms with E-state index in [1.54, 1.807) is 17.0 Å². The van der Waals surface area contributed by atoms with Gasteiger partial charge in [-0.1, -0.05) is 6.42 Å². The first-order valence-electron chi connectivity index (χ1n) is 12.0. The van der Waals surface area contributed by atoms with Crippen molar-refractivity contribution in [2.45, 2.75) is 58.0 Å². The van der Waals surface area contributed by atoms with Crippen LogP contribution in [0.5, 0.6) is 0 Å². The minimum absolute atomic E-state index is 0.00482. The van der Waals surface area contributed by atoms with E-state index in [2.05, 4.69) is 4.90 Å². The standard InChI is InChI=1S/C24H33N3O4S/c1-2-32(30,31)27-22-7-6-18(24(29)25-11-8-17(16-28)9-12-25)14-20(22)21-15-26(13-10-23(21)27)19-4-3-5-19/h6-7,14,17,19,28H,2-5,8-13,15-16H2,1H3. The molecule has 5 rings (SSSR count). The molecule has 0 bridgehead atoms. The molecule has 8 heteroatoms. The molecule has 0 unspecified atom stereocenters. The maximum Gasteiger partial charge on any atom is 0.253 e. The maximum atomic E-state index is 13.2. The van der Waals surface area contributed by atoms with Crippen molar-refractivity contribution in [3.05, 3.63) is 35.0 Å². The summed E-state index contributed by atoms with van der Waals surface area (Å²) in [5, 5.41) is 10.3. The van der Waals surface area contributed by atoms with Crippen molar-refractivity contribution < 1.29 is 18.3 Å². The second-order valence-corrected chi connectivity index (χ2v) is 11.7. The van der Waals surface area contributed by atoms with Gasteiger partial charge in [-0.25, -0.2) is 12.4 Å². The molecule has 2 aromatic rings. The Morgan fingerprint density at radius 3 is 2.50 bits per heavy atom. The summed E-state index contributed by atoms with van der Waals surface area (Å²) in [6.07, 6.45) is 6.07. The van der Waals surface area contributed by atoms with E-state index in [9.17, 15) is 18.3 Å². The number of likely N-dealkylation sites (tertiary alicyclic amines) is 1. The lowest BCUT2D eigenvalue weighted by Gasteiger charge is -2.40. The Bertz CT molecular complexity index is 1130. The van der Waals surface area contributed by atoms with E-state index < -0.39 is 10.0 Å². The zero-order valence-electron chi connectivity index (χ0n) is 18.8. The smallest absolute Gasteiger partial charge is 0.253 e. The van der Waals surface area contributed by atoms with Crippen LogP contribution in [-0.4, -0.2) is 71.2 Å². The molecule has 1 aliphatic carbocycles. The van der Waals surface area contributed by atoms with Gasteiger partial charge in [0, 0.05) is 61.9 Å². The van der Waals surface area contributed by atoms with Gasteiger partial charge in [0.1, 0.15) is 0 Å². The average Bonchev–Trinajstić information content (AvgIpc) is 3.11. The van der Waals surface area contributed by atoms with Gasteiger partial charge in [0.25, 0.3) is 5.91 Å². The van der Waals surface area contributed by atoms with Crippen molar-refractivity contribution in [2.75, 3.05) is 32.0 Å². The van der Waals surface area contributed by atoms with Crippen molar-refractivity contribution in [1.29, 1.82) is 0 Å². The molecule has 3 aliphatic rings. The van der Waals surface area contributed by atoms with Gasteiger partial charge in [0.2, 0.25) is 10.0 Å². The molecule has 2 fully saturated rings. The second-order valence-electron chi connectivity index (χ2n) is 9.55. The van der Waals surface area contributed by atoms with Crippen LogP contribution in [0.3, 0.4) is 0 Å². The summed E-state index contributed by atoms with van der Waals surface area (Å²) in [6, 6.07) is 6.12. The van der Waals surface area contributed by atoms with E-state index in [-0.39, 0.29) is 24.2 Å². The number of piperidine rings is 1. The van der Waals surface area contributed by atoms with Crippen LogP contribution in [0.2, 0.25) is 0 Å². The first kappa shape index (κ1) is 21.9. The molecule has 1 aromatic heterocycles. The quantitative estimate of drug-likeness (QED) is 0.743. The number of aromatic nitrogens is 1. The summed E-state index contributed by atoms with van der Waals surface area (Å²) >= 11 is 0. The fraction of sp³-hybridized carbons (Fsp3) is 0.625. The predicted molar refractivity (Wildman–Crippen MR) is 124 cm³/mol. The average molecular weight is 460 g/mol. The van der Waals surface area contributed by atoms with Crippen molar-refractivity contribution in [3.63, 3.8) is 0 Å². The van der Waals surface area contributed by atoms with Crippen LogP contribution in [0.25, 0.3) is 10.9 Å². The van der Waals surface area contributed by atoms with Crippen LogP contribution in [0.4, 0.5) is 0 Å². The molecular weight excluding hydrogens is 426 g/mol. The summed E-state index contributed by atoms with van der Waals surface area (Å²) in [5.41, 5.74) is 3.28. The third-order valence-corrected chi connectivity index (χ3v) is 9.47. The first-order chi connectivity index (χ1) is 15.4. The second kappa shape index (κ2) is 8.47. The topological polar surface area (TPSA) is 82.8 Å². The Balaban J connectivity index is 1.54. The van der Waals surface area contributed by atoms with Gasteiger partial charge in [-0.3, -0.25) is 9.69 Å². The number of hydrogen-bond donors (Lipinski definition) is 1. The third kappa shape index (κ3) is 3.66. The van der Waals surface area contributed by atoms with Crippen molar-refractivity contribution >= 4 is 26.8 Å². The summed E-state index contributed by atoms with van der Waals surface area (Å²) in [5.74, 6) is 0.324. The Kier molecular flexibility index (Phi) is 5.80. The highest BCUT2D eigenvalue weighted by Gasteiger charge is 2.33. The molecule has 1 amide bonds. The normalized spacial score (nSPS) is 21.0. The SMILES string of the molecule is CCS(=O)(=O)n1c2c(c3cc(C(=O)N4CCC(CO)CC4)ccc31)CN(C1CCC1)CC2. The number of aliphatic hydroxyl groups excluding tert-OH is 1. The molecule has 1 saturated carbocycles. The van der Waals surface area contributed by atoms with Gasteiger partial charge < -0.3 is 10.0 Å². The molecule has 0 atom stereocenters. The van der Waals surface area contributed by atoms with Gasteiger partial charge in [0.05, 0.1) is 11.3 Å². The summed E-state index contributed by atoms with van der Waals surface area (Å²) in [7, 11) is -3.44. The Morgan fingerprint density at radius 1 is 1.12 bits per heavy atom.